The minimum Gasteiger partial charge on any atom is -0.360 e. The van der Waals surface area contributed by atoms with E-state index in [1.54, 1.807) is 0 Å². The van der Waals surface area contributed by atoms with Crippen LogP contribution in [0.1, 0.15) is 99.9 Å². The number of carbonyl (C=O) groups excluding carboxylic acids is 2. The Bertz CT molecular complexity index is 921. The fraction of sp³-hybridized carbons (Fsp3) is 0.708. The van der Waals surface area contributed by atoms with Gasteiger partial charge in [-0.15, -0.1) is 0 Å². The summed E-state index contributed by atoms with van der Waals surface area (Å²) in [7, 11) is 4.03. The van der Waals surface area contributed by atoms with Crippen molar-refractivity contribution in [3.63, 3.8) is 0 Å². The second-order valence-electron chi connectivity index (χ2n) is 10.9. The highest BCUT2D eigenvalue weighted by Crippen LogP contribution is 2.47. The Hall–Kier alpha value is -2.15. The van der Waals surface area contributed by atoms with Crippen molar-refractivity contribution in [3.8, 4) is 0 Å². The first-order valence-electron chi connectivity index (χ1n) is 11.7. The highest BCUT2D eigenvalue weighted by Gasteiger charge is 2.49. The van der Waals surface area contributed by atoms with Gasteiger partial charge in [0.15, 0.2) is 17.1 Å². The lowest BCUT2D eigenvalue weighted by atomic mass is 9.89. The number of hydrogen-bond donors (Lipinski definition) is 1. The first-order valence-corrected chi connectivity index (χ1v) is 11.7. The lowest BCUT2D eigenvalue weighted by molar-refractivity contribution is -0.957. The number of quaternary nitrogens is 1. The molecule has 31 heavy (non-hydrogen) atoms. The molecule has 170 valence electrons. The van der Waals surface area contributed by atoms with E-state index in [4.69, 9.17) is 4.52 Å². The molecule has 2 fully saturated rings. The lowest BCUT2D eigenvalue weighted by Crippen LogP contribution is -2.56. The minimum atomic E-state index is -0.363. The molecule has 1 aliphatic heterocycles. The molecule has 3 aliphatic rings. The number of nitrogens with one attached hydrogen (secondary N) is 1. The number of amides is 2. The Labute approximate surface area is 185 Å². The molecule has 1 aromatic heterocycles. The Morgan fingerprint density at radius 3 is 2.45 bits per heavy atom. The third-order valence-corrected chi connectivity index (χ3v) is 7.82. The third-order valence-electron chi connectivity index (χ3n) is 7.82. The van der Waals surface area contributed by atoms with Crippen LogP contribution in [0, 0.1) is 12.3 Å². The molecule has 2 saturated carbocycles. The molecule has 0 bridgehead atoms. The summed E-state index contributed by atoms with van der Waals surface area (Å²) in [6.07, 6.45) is 8.79. The lowest BCUT2D eigenvalue weighted by Gasteiger charge is -2.40. The van der Waals surface area contributed by atoms with Gasteiger partial charge in [0.1, 0.15) is 5.76 Å². The molecular weight excluding hydrogens is 392 g/mol. The monoisotopic (exact) mass is 429 g/mol. The van der Waals surface area contributed by atoms with E-state index in [1.807, 2.05) is 33.0 Å². The van der Waals surface area contributed by atoms with Crippen LogP contribution in [0.4, 0.5) is 0 Å². The molecule has 1 aromatic rings. The maximum Gasteiger partial charge on any atom is 0.321 e. The van der Waals surface area contributed by atoms with Crippen LogP contribution in [0.3, 0.4) is 0 Å². The van der Waals surface area contributed by atoms with Crippen LogP contribution < -0.4 is 5.32 Å². The van der Waals surface area contributed by atoms with Gasteiger partial charge in [-0.2, -0.15) is 9.60 Å². The van der Waals surface area contributed by atoms with Crippen molar-refractivity contribution in [1.82, 2.24) is 15.5 Å². The molecule has 7 nitrogen and oxygen atoms in total. The van der Waals surface area contributed by atoms with Crippen LogP contribution in [-0.4, -0.2) is 46.7 Å². The van der Waals surface area contributed by atoms with E-state index in [-0.39, 0.29) is 29.0 Å². The van der Waals surface area contributed by atoms with E-state index in [1.165, 1.54) is 6.42 Å². The van der Waals surface area contributed by atoms with E-state index < -0.39 is 0 Å². The normalized spacial score (nSPS) is 26.1. The molecule has 0 spiro atoms. The predicted molar refractivity (Wildman–Crippen MR) is 118 cm³/mol. The smallest absolute Gasteiger partial charge is 0.321 e. The van der Waals surface area contributed by atoms with Crippen molar-refractivity contribution in [2.45, 2.75) is 91.0 Å². The summed E-state index contributed by atoms with van der Waals surface area (Å²) in [4.78, 5) is 26.5. The van der Waals surface area contributed by atoms with Crippen LogP contribution >= 0.6 is 0 Å². The van der Waals surface area contributed by atoms with Gasteiger partial charge in [0.25, 0.3) is 5.91 Å². The van der Waals surface area contributed by atoms with Crippen molar-refractivity contribution in [3.05, 3.63) is 28.4 Å². The fourth-order valence-electron chi connectivity index (χ4n) is 5.75. The van der Waals surface area contributed by atoms with Gasteiger partial charge in [-0.3, -0.25) is 9.59 Å². The SMILES string of the molecule is CC1=C(NC(=O)c2noc(C3CCC(C)(C)C3)c2C)C(=O)N(C2CCCCC2)[N+]1(C)C. The molecule has 1 unspecified atom stereocenters. The summed E-state index contributed by atoms with van der Waals surface area (Å²) in [5.74, 6) is 0.661. The van der Waals surface area contributed by atoms with Crippen LogP contribution in [0.5, 0.6) is 0 Å². The highest BCUT2D eigenvalue weighted by atomic mass is 16.5. The van der Waals surface area contributed by atoms with Gasteiger partial charge >= 0.3 is 5.91 Å². The zero-order valence-corrected chi connectivity index (χ0v) is 19.9. The topological polar surface area (TPSA) is 75.4 Å². The molecule has 7 heteroatoms. The second kappa shape index (κ2) is 7.76. The highest BCUT2D eigenvalue weighted by molar-refractivity contribution is 6.03. The van der Waals surface area contributed by atoms with E-state index in [0.717, 1.165) is 62.0 Å². The number of hydrogen-bond acceptors (Lipinski definition) is 4. The fourth-order valence-corrected chi connectivity index (χ4v) is 5.75. The molecule has 4 rings (SSSR count). The van der Waals surface area contributed by atoms with Gasteiger partial charge < -0.3 is 9.84 Å². The van der Waals surface area contributed by atoms with E-state index >= 15 is 0 Å². The van der Waals surface area contributed by atoms with Gasteiger partial charge in [0.2, 0.25) is 0 Å². The average molecular weight is 430 g/mol. The van der Waals surface area contributed by atoms with E-state index in [9.17, 15) is 9.59 Å². The first kappa shape index (κ1) is 22.1. The Morgan fingerprint density at radius 2 is 1.84 bits per heavy atom. The number of nitrogens with zero attached hydrogens (tertiary/aromatic N) is 3. The summed E-state index contributed by atoms with van der Waals surface area (Å²) < 4.78 is 6.00. The van der Waals surface area contributed by atoms with Crippen LogP contribution in [0.2, 0.25) is 0 Å². The van der Waals surface area contributed by atoms with E-state index in [0.29, 0.717) is 16.2 Å². The van der Waals surface area contributed by atoms with Gasteiger partial charge in [0, 0.05) is 18.4 Å². The molecule has 0 saturated heterocycles. The maximum absolute atomic E-state index is 13.4. The Balaban J connectivity index is 1.53. The third kappa shape index (κ3) is 3.81. The van der Waals surface area contributed by atoms with Gasteiger partial charge in [-0.25, -0.2) is 0 Å². The van der Waals surface area contributed by atoms with Crippen LogP contribution in [-0.2, 0) is 4.79 Å². The van der Waals surface area contributed by atoms with Crippen molar-refractivity contribution in [1.29, 1.82) is 0 Å². The zero-order valence-electron chi connectivity index (χ0n) is 19.9. The number of rotatable bonds is 4. The van der Waals surface area contributed by atoms with Gasteiger partial charge in [0.05, 0.1) is 20.1 Å². The number of allylic oxidation sites excluding steroid dienone is 1. The first-order chi connectivity index (χ1) is 14.5. The predicted octanol–water partition coefficient (Wildman–Crippen LogP) is 4.40. The largest absolute Gasteiger partial charge is 0.360 e. The summed E-state index contributed by atoms with van der Waals surface area (Å²) in [5, 5.41) is 8.93. The maximum atomic E-state index is 13.4. The molecule has 2 amide bonds. The summed E-state index contributed by atoms with van der Waals surface area (Å²) in [5.41, 5.74) is 2.60. The molecular formula is C24H37N4O3+. The zero-order chi connectivity index (χ0) is 22.6. The van der Waals surface area contributed by atoms with Crippen LogP contribution in [0.15, 0.2) is 15.9 Å². The molecule has 0 radical (unpaired) electrons. The van der Waals surface area contributed by atoms with Crippen molar-refractivity contribution < 1.29 is 18.7 Å². The van der Waals surface area contributed by atoms with Crippen molar-refractivity contribution in [2.75, 3.05) is 14.1 Å². The molecule has 2 aliphatic carbocycles. The second-order valence-corrected chi connectivity index (χ2v) is 10.9. The average Bonchev–Trinajstić information content (AvgIpc) is 3.31. The molecule has 0 aromatic carbocycles. The standard InChI is InChI=1S/C24H36N4O3/c1-15-19(26-31-21(15)17-12-13-24(3,4)14-17)22(29)25-20-16(2)28(5,6)27(23(20)30)18-10-8-7-9-11-18/h17-18H,7-14H2,1-6H3/p+1. The molecule has 1 atom stereocenters. The van der Waals surface area contributed by atoms with Crippen LogP contribution in [0.25, 0.3) is 0 Å². The summed E-state index contributed by atoms with van der Waals surface area (Å²) >= 11 is 0. The van der Waals surface area contributed by atoms with Gasteiger partial charge in [-0.05, 0) is 44.4 Å². The van der Waals surface area contributed by atoms with Crippen molar-refractivity contribution >= 4 is 11.8 Å². The minimum absolute atomic E-state index is 0.0957. The van der Waals surface area contributed by atoms with Crippen molar-refractivity contribution in [2.24, 2.45) is 5.41 Å². The summed E-state index contributed by atoms with van der Waals surface area (Å²) in [6, 6.07) is 0.215. The Kier molecular flexibility index (Phi) is 5.53. The quantitative estimate of drug-likeness (QED) is 0.720. The summed E-state index contributed by atoms with van der Waals surface area (Å²) in [6.45, 7) is 8.37. The molecule has 2 heterocycles. The Morgan fingerprint density at radius 1 is 1.16 bits per heavy atom. The van der Waals surface area contributed by atoms with E-state index in [2.05, 4.69) is 24.3 Å². The number of carbonyl (C=O) groups is 2. The molecule has 1 N–H and O–H groups in total. The van der Waals surface area contributed by atoms with Gasteiger partial charge in [-0.1, -0.05) is 38.3 Å². The number of aromatic nitrogens is 1.